The lowest BCUT2D eigenvalue weighted by Gasteiger charge is -2.25. The number of nitrogens with one attached hydrogen (secondary N) is 2. The van der Waals surface area contributed by atoms with E-state index < -0.39 is 11.7 Å². The van der Waals surface area contributed by atoms with Gasteiger partial charge in [-0.1, -0.05) is 0 Å². The lowest BCUT2D eigenvalue weighted by atomic mass is 10.1. The van der Waals surface area contributed by atoms with Crippen molar-refractivity contribution >= 4 is 29.2 Å². The Morgan fingerprint density at radius 1 is 1.27 bits per heavy atom. The minimum atomic E-state index is -0.571. The molecule has 1 fully saturated rings. The van der Waals surface area contributed by atoms with Crippen molar-refractivity contribution < 1.29 is 13.9 Å². The zero-order valence-corrected chi connectivity index (χ0v) is 14.1. The summed E-state index contributed by atoms with van der Waals surface area (Å²) in [5, 5.41) is 6.02. The molecule has 1 aromatic carbocycles. The molecule has 1 aromatic rings. The molecule has 0 unspecified atom stereocenters. The molecule has 0 radical (unpaired) electrons. The standard InChI is InChI=1S/C16H23FN2O2S/c1-16(2,3)21-15(20)19-13-5-4-11(17)10-14(13)18-12-6-8-22-9-7-12/h4-5,10,12,18H,6-9H2,1-3H3,(H,19,20). The van der Waals surface area contributed by atoms with E-state index in [1.807, 2.05) is 11.8 Å². The minimum Gasteiger partial charge on any atom is -0.444 e. The summed E-state index contributed by atoms with van der Waals surface area (Å²) < 4.78 is 18.8. The molecule has 1 aliphatic rings. The van der Waals surface area contributed by atoms with Gasteiger partial charge in [0, 0.05) is 6.04 Å². The summed E-state index contributed by atoms with van der Waals surface area (Å²) in [5.74, 6) is 1.87. The van der Waals surface area contributed by atoms with Crippen LogP contribution in [0, 0.1) is 5.82 Å². The summed E-state index contributed by atoms with van der Waals surface area (Å²) in [4.78, 5) is 11.9. The lowest BCUT2D eigenvalue weighted by Crippen LogP contribution is -2.28. The van der Waals surface area contributed by atoms with Gasteiger partial charge in [0.1, 0.15) is 11.4 Å². The molecule has 2 N–H and O–H groups in total. The Morgan fingerprint density at radius 3 is 2.59 bits per heavy atom. The molecule has 0 aromatic heterocycles. The number of hydrogen-bond donors (Lipinski definition) is 2. The van der Waals surface area contributed by atoms with E-state index in [9.17, 15) is 9.18 Å². The topological polar surface area (TPSA) is 50.4 Å². The number of benzene rings is 1. The second kappa shape index (κ2) is 7.22. The molecular formula is C16H23FN2O2S. The van der Waals surface area contributed by atoms with Gasteiger partial charge >= 0.3 is 6.09 Å². The first kappa shape index (κ1) is 16.9. The van der Waals surface area contributed by atoms with Crippen LogP contribution in [0.25, 0.3) is 0 Å². The first-order valence-electron chi connectivity index (χ1n) is 7.47. The lowest BCUT2D eigenvalue weighted by molar-refractivity contribution is 0.0636. The van der Waals surface area contributed by atoms with Crippen LogP contribution in [-0.4, -0.2) is 29.2 Å². The van der Waals surface area contributed by atoms with E-state index in [2.05, 4.69) is 10.6 Å². The molecule has 22 heavy (non-hydrogen) atoms. The van der Waals surface area contributed by atoms with E-state index in [1.54, 1.807) is 26.8 Å². The van der Waals surface area contributed by atoms with Gasteiger partial charge in [0.15, 0.2) is 0 Å². The molecule has 0 aliphatic carbocycles. The molecule has 0 spiro atoms. The summed E-state index contributed by atoms with van der Waals surface area (Å²) in [5.41, 5.74) is 0.565. The zero-order valence-electron chi connectivity index (χ0n) is 13.2. The highest BCUT2D eigenvalue weighted by Crippen LogP contribution is 2.27. The van der Waals surface area contributed by atoms with Crippen LogP contribution in [0.4, 0.5) is 20.6 Å². The highest BCUT2D eigenvalue weighted by molar-refractivity contribution is 7.99. The quantitative estimate of drug-likeness (QED) is 0.860. The highest BCUT2D eigenvalue weighted by Gasteiger charge is 2.19. The Bertz CT molecular complexity index is 525. The van der Waals surface area contributed by atoms with Crippen molar-refractivity contribution in [3.8, 4) is 0 Å². The Hall–Kier alpha value is -1.43. The maximum Gasteiger partial charge on any atom is 0.412 e. The average molecular weight is 326 g/mol. The smallest absolute Gasteiger partial charge is 0.412 e. The third-order valence-electron chi connectivity index (χ3n) is 3.20. The number of anilines is 2. The average Bonchev–Trinajstić information content (AvgIpc) is 2.41. The first-order valence-corrected chi connectivity index (χ1v) is 8.63. The molecule has 1 saturated heterocycles. The van der Waals surface area contributed by atoms with Gasteiger partial charge in [0.2, 0.25) is 0 Å². The molecule has 4 nitrogen and oxygen atoms in total. The zero-order chi connectivity index (χ0) is 16.2. The largest absolute Gasteiger partial charge is 0.444 e. The fourth-order valence-electron chi connectivity index (χ4n) is 2.22. The summed E-state index contributed by atoms with van der Waals surface area (Å²) in [6.07, 6.45) is 1.53. The highest BCUT2D eigenvalue weighted by atomic mass is 32.2. The summed E-state index contributed by atoms with van der Waals surface area (Å²) in [6.45, 7) is 5.41. The van der Waals surface area contributed by atoms with E-state index in [0.29, 0.717) is 17.4 Å². The molecule has 2 rings (SSSR count). The fourth-order valence-corrected chi connectivity index (χ4v) is 3.33. The Labute approximate surface area is 135 Å². The van der Waals surface area contributed by atoms with Crippen LogP contribution in [0.15, 0.2) is 18.2 Å². The Balaban J connectivity index is 2.08. The second-order valence-electron chi connectivity index (χ2n) is 6.35. The van der Waals surface area contributed by atoms with Crippen LogP contribution < -0.4 is 10.6 Å². The van der Waals surface area contributed by atoms with Gasteiger partial charge in [-0.15, -0.1) is 0 Å². The van der Waals surface area contributed by atoms with Gasteiger partial charge in [0.25, 0.3) is 0 Å². The van der Waals surface area contributed by atoms with Crippen molar-refractivity contribution in [2.24, 2.45) is 0 Å². The van der Waals surface area contributed by atoms with Crippen LogP contribution in [0.1, 0.15) is 33.6 Å². The van der Waals surface area contributed by atoms with Crippen molar-refractivity contribution in [1.82, 2.24) is 0 Å². The molecule has 122 valence electrons. The monoisotopic (exact) mass is 326 g/mol. The van der Waals surface area contributed by atoms with Crippen LogP contribution in [0.3, 0.4) is 0 Å². The minimum absolute atomic E-state index is 0.308. The SMILES string of the molecule is CC(C)(C)OC(=O)Nc1ccc(F)cc1NC1CCSCC1. The van der Waals surface area contributed by atoms with E-state index >= 15 is 0 Å². The van der Waals surface area contributed by atoms with Gasteiger partial charge in [-0.3, -0.25) is 5.32 Å². The molecule has 6 heteroatoms. The molecule has 1 aliphatic heterocycles. The van der Waals surface area contributed by atoms with E-state index in [1.165, 1.54) is 12.1 Å². The summed E-state index contributed by atoms with van der Waals surface area (Å²) >= 11 is 1.93. The summed E-state index contributed by atoms with van der Waals surface area (Å²) in [7, 11) is 0. The number of thioether (sulfide) groups is 1. The molecule has 0 saturated carbocycles. The van der Waals surface area contributed by atoms with Crippen molar-refractivity contribution in [3.05, 3.63) is 24.0 Å². The number of ether oxygens (including phenoxy) is 1. The normalized spacial score (nSPS) is 16.2. The first-order chi connectivity index (χ1) is 10.3. The van der Waals surface area contributed by atoms with Gasteiger partial charge < -0.3 is 10.1 Å². The third kappa shape index (κ3) is 5.40. The van der Waals surface area contributed by atoms with Gasteiger partial charge in [0.05, 0.1) is 11.4 Å². The van der Waals surface area contributed by atoms with Gasteiger partial charge in [-0.25, -0.2) is 9.18 Å². The summed E-state index contributed by atoms with van der Waals surface area (Å²) in [6, 6.07) is 4.60. The van der Waals surface area contributed by atoms with E-state index in [4.69, 9.17) is 4.74 Å². The molecule has 0 bridgehead atoms. The van der Waals surface area contributed by atoms with Gasteiger partial charge in [-0.2, -0.15) is 11.8 Å². The molecule has 0 atom stereocenters. The molecule has 1 heterocycles. The number of halogens is 1. The Morgan fingerprint density at radius 2 is 1.95 bits per heavy atom. The molecular weight excluding hydrogens is 303 g/mol. The molecule has 1 amide bonds. The van der Waals surface area contributed by atoms with Crippen LogP contribution in [0.5, 0.6) is 0 Å². The fraction of sp³-hybridized carbons (Fsp3) is 0.562. The van der Waals surface area contributed by atoms with Crippen molar-refractivity contribution in [3.63, 3.8) is 0 Å². The van der Waals surface area contributed by atoms with Crippen LogP contribution in [-0.2, 0) is 4.74 Å². The van der Waals surface area contributed by atoms with Crippen molar-refractivity contribution in [1.29, 1.82) is 0 Å². The van der Waals surface area contributed by atoms with Crippen molar-refractivity contribution in [2.75, 3.05) is 22.1 Å². The predicted molar refractivity (Wildman–Crippen MR) is 90.2 cm³/mol. The Kier molecular flexibility index (Phi) is 5.56. The number of amides is 1. The van der Waals surface area contributed by atoms with Crippen LogP contribution in [0.2, 0.25) is 0 Å². The number of carbonyl (C=O) groups excluding carboxylic acids is 1. The van der Waals surface area contributed by atoms with E-state index in [0.717, 1.165) is 24.3 Å². The maximum atomic E-state index is 13.5. The maximum absolute atomic E-state index is 13.5. The van der Waals surface area contributed by atoms with Gasteiger partial charge in [-0.05, 0) is 63.3 Å². The second-order valence-corrected chi connectivity index (χ2v) is 7.57. The van der Waals surface area contributed by atoms with Crippen LogP contribution >= 0.6 is 11.8 Å². The number of hydrogen-bond acceptors (Lipinski definition) is 4. The third-order valence-corrected chi connectivity index (χ3v) is 4.25. The van der Waals surface area contributed by atoms with Crippen molar-refractivity contribution in [2.45, 2.75) is 45.3 Å². The van der Waals surface area contributed by atoms with E-state index in [-0.39, 0.29) is 5.82 Å². The predicted octanol–water partition coefficient (Wildman–Crippen LogP) is 4.48. The number of rotatable bonds is 3. The number of carbonyl (C=O) groups is 1.